The molecule has 1 aromatic carbocycles. The number of nitrogens with one attached hydrogen (secondary N) is 1. The van der Waals surface area contributed by atoms with Crippen LogP contribution in [0.5, 0.6) is 0 Å². The number of nitrogens with two attached hydrogens (primary N) is 1. The smallest absolute Gasteiger partial charge is 0.265 e. The first-order valence-electron chi connectivity index (χ1n) is 11.8. The minimum absolute atomic E-state index is 0.0710. The monoisotopic (exact) mass is 443 g/mol. The maximum atomic E-state index is 12.4. The van der Waals surface area contributed by atoms with E-state index in [0.29, 0.717) is 11.6 Å². The Morgan fingerprint density at radius 3 is 2.58 bits per heavy atom. The van der Waals surface area contributed by atoms with Crippen LogP contribution in [0.25, 0.3) is 28.4 Å². The Morgan fingerprint density at radius 1 is 1.21 bits per heavy atom. The van der Waals surface area contributed by atoms with Crippen LogP contribution in [0.4, 0.5) is 0 Å². The van der Waals surface area contributed by atoms with Gasteiger partial charge in [-0.25, -0.2) is 0 Å². The number of aryl methyl sites for hydroxylation is 1. The van der Waals surface area contributed by atoms with Gasteiger partial charge in [-0.2, -0.15) is 0 Å². The summed E-state index contributed by atoms with van der Waals surface area (Å²) in [6, 6.07) is 6.12. The van der Waals surface area contributed by atoms with Crippen LogP contribution >= 0.6 is 0 Å². The highest BCUT2D eigenvalue weighted by Crippen LogP contribution is 2.45. The Labute approximate surface area is 195 Å². The second-order valence-corrected chi connectivity index (χ2v) is 9.26. The molecule has 2 heterocycles. The minimum atomic E-state index is -0.486. The van der Waals surface area contributed by atoms with Crippen LogP contribution in [0.15, 0.2) is 36.9 Å². The van der Waals surface area contributed by atoms with E-state index in [-0.39, 0.29) is 12.3 Å². The fourth-order valence-electron chi connectivity index (χ4n) is 5.39. The SMILES string of the molecule is C=C/C=C\c1c(C)ccc(-c2c(C3CCCCC3)c3[nH]c(C(N)=O)cc3n2CC(C)=O)c1C. The first kappa shape index (κ1) is 22.8. The summed E-state index contributed by atoms with van der Waals surface area (Å²) in [5.74, 6) is -0.0431. The first-order chi connectivity index (χ1) is 15.8. The van der Waals surface area contributed by atoms with Gasteiger partial charge in [0.15, 0.2) is 0 Å². The number of allylic oxidation sites excluding steroid dienone is 2. The summed E-state index contributed by atoms with van der Waals surface area (Å²) in [7, 11) is 0. The standard InChI is InChI=1S/C28H33N3O2/c1-5-6-12-21-17(2)13-14-22(19(21)4)27-25(20-10-8-7-9-11-20)26-24(31(27)16-18(3)32)15-23(30-26)28(29)33/h5-6,12-15,20,30H,1,7-11,16H2,2-4H3,(H2,29,33)/b12-6-. The normalized spacial score (nSPS) is 14.9. The lowest BCUT2D eigenvalue weighted by Crippen LogP contribution is -2.13. The molecule has 5 heteroatoms. The molecule has 1 aliphatic rings. The number of benzene rings is 1. The number of Topliss-reactive ketones (excluding diaryl/α,β-unsaturated/α-hetero) is 1. The summed E-state index contributed by atoms with van der Waals surface area (Å²) < 4.78 is 2.09. The molecular formula is C28H33N3O2. The second kappa shape index (κ2) is 9.26. The molecule has 1 aliphatic carbocycles. The van der Waals surface area contributed by atoms with Gasteiger partial charge in [0.25, 0.3) is 5.91 Å². The number of ketones is 1. The number of aromatic amines is 1. The number of hydrogen-bond acceptors (Lipinski definition) is 2. The van der Waals surface area contributed by atoms with E-state index in [1.807, 2.05) is 6.08 Å². The van der Waals surface area contributed by atoms with Crippen molar-refractivity contribution < 1.29 is 9.59 Å². The largest absolute Gasteiger partial charge is 0.364 e. The third kappa shape index (κ3) is 4.20. The highest BCUT2D eigenvalue weighted by Gasteiger charge is 2.29. The molecule has 1 amide bonds. The third-order valence-corrected chi connectivity index (χ3v) is 6.93. The summed E-state index contributed by atoms with van der Waals surface area (Å²) in [4.78, 5) is 27.7. The zero-order chi connectivity index (χ0) is 23.7. The molecule has 0 radical (unpaired) electrons. The van der Waals surface area contributed by atoms with Gasteiger partial charge in [-0.3, -0.25) is 9.59 Å². The zero-order valence-corrected chi connectivity index (χ0v) is 19.8. The van der Waals surface area contributed by atoms with E-state index in [9.17, 15) is 9.59 Å². The fourth-order valence-corrected chi connectivity index (χ4v) is 5.39. The molecule has 0 saturated heterocycles. The molecule has 4 rings (SSSR count). The van der Waals surface area contributed by atoms with Crippen molar-refractivity contribution in [2.45, 2.75) is 65.3 Å². The average molecular weight is 444 g/mol. The number of nitrogens with zero attached hydrogens (tertiary/aromatic N) is 1. The van der Waals surface area contributed by atoms with Crippen molar-refractivity contribution in [3.8, 4) is 11.3 Å². The maximum absolute atomic E-state index is 12.4. The van der Waals surface area contributed by atoms with E-state index < -0.39 is 5.91 Å². The van der Waals surface area contributed by atoms with Gasteiger partial charge >= 0.3 is 0 Å². The van der Waals surface area contributed by atoms with Crippen molar-refractivity contribution in [3.63, 3.8) is 0 Å². The lowest BCUT2D eigenvalue weighted by atomic mass is 9.82. The number of carbonyl (C=O) groups excluding carboxylic acids is 2. The molecule has 0 atom stereocenters. The fraction of sp³-hybridized carbons (Fsp3) is 0.357. The van der Waals surface area contributed by atoms with Gasteiger partial charge in [0.1, 0.15) is 11.5 Å². The molecular weight excluding hydrogens is 410 g/mol. The molecule has 2 aromatic heterocycles. The summed E-state index contributed by atoms with van der Waals surface area (Å²) >= 11 is 0. The number of rotatable bonds is 7. The molecule has 1 fully saturated rings. The van der Waals surface area contributed by atoms with E-state index >= 15 is 0 Å². The summed E-state index contributed by atoms with van der Waals surface area (Å²) in [5.41, 5.74) is 14.8. The van der Waals surface area contributed by atoms with Crippen molar-refractivity contribution >= 4 is 28.8 Å². The molecule has 0 unspecified atom stereocenters. The maximum Gasteiger partial charge on any atom is 0.265 e. The summed E-state index contributed by atoms with van der Waals surface area (Å²) in [6.45, 7) is 9.92. The van der Waals surface area contributed by atoms with Gasteiger partial charge in [0, 0.05) is 11.1 Å². The summed E-state index contributed by atoms with van der Waals surface area (Å²) in [6.07, 6.45) is 11.7. The van der Waals surface area contributed by atoms with Crippen molar-refractivity contribution in [1.82, 2.24) is 9.55 Å². The molecule has 3 aromatic rings. The predicted molar refractivity (Wildman–Crippen MR) is 135 cm³/mol. The Bertz CT molecular complexity index is 1270. The van der Waals surface area contributed by atoms with E-state index in [4.69, 9.17) is 5.73 Å². The van der Waals surface area contributed by atoms with Gasteiger partial charge in [-0.05, 0) is 62.3 Å². The van der Waals surface area contributed by atoms with Gasteiger partial charge in [0.2, 0.25) is 0 Å². The molecule has 3 N–H and O–H groups in total. The number of fused-ring (bicyclic) bond motifs is 1. The van der Waals surface area contributed by atoms with Crippen LogP contribution in [0, 0.1) is 13.8 Å². The molecule has 0 aliphatic heterocycles. The number of aromatic nitrogens is 2. The zero-order valence-electron chi connectivity index (χ0n) is 19.8. The van der Waals surface area contributed by atoms with Crippen LogP contribution in [-0.4, -0.2) is 21.2 Å². The predicted octanol–water partition coefficient (Wildman–Crippen LogP) is 6.19. The number of amides is 1. The van der Waals surface area contributed by atoms with Crippen LogP contribution in [0.2, 0.25) is 0 Å². The van der Waals surface area contributed by atoms with E-state index in [1.165, 1.54) is 41.5 Å². The quantitative estimate of drug-likeness (QED) is 0.427. The Hall–Kier alpha value is -3.34. The minimum Gasteiger partial charge on any atom is -0.364 e. The molecule has 172 valence electrons. The Kier molecular flexibility index (Phi) is 6.41. The van der Waals surface area contributed by atoms with Gasteiger partial charge in [-0.1, -0.05) is 56.2 Å². The van der Waals surface area contributed by atoms with Crippen LogP contribution in [0.1, 0.15) is 77.7 Å². The van der Waals surface area contributed by atoms with Crippen molar-refractivity contribution in [1.29, 1.82) is 0 Å². The van der Waals surface area contributed by atoms with Crippen molar-refractivity contribution in [3.05, 3.63) is 64.9 Å². The lowest BCUT2D eigenvalue weighted by Gasteiger charge is -2.24. The average Bonchev–Trinajstić information content (AvgIpc) is 3.33. The van der Waals surface area contributed by atoms with Crippen LogP contribution in [0.3, 0.4) is 0 Å². The van der Waals surface area contributed by atoms with E-state index in [2.05, 4.69) is 48.2 Å². The molecule has 33 heavy (non-hydrogen) atoms. The van der Waals surface area contributed by atoms with Crippen molar-refractivity contribution in [2.24, 2.45) is 5.73 Å². The van der Waals surface area contributed by atoms with E-state index in [1.54, 1.807) is 19.1 Å². The topological polar surface area (TPSA) is 80.9 Å². The Morgan fingerprint density at radius 2 is 1.94 bits per heavy atom. The van der Waals surface area contributed by atoms with Gasteiger partial charge in [-0.15, -0.1) is 0 Å². The second-order valence-electron chi connectivity index (χ2n) is 9.26. The number of H-pyrrole nitrogens is 1. The highest BCUT2D eigenvalue weighted by atomic mass is 16.1. The summed E-state index contributed by atoms with van der Waals surface area (Å²) in [5, 5.41) is 0. The first-order valence-corrected chi connectivity index (χ1v) is 11.8. The lowest BCUT2D eigenvalue weighted by molar-refractivity contribution is -0.117. The molecule has 0 bridgehead atoms. The number of hydrogen-bond donors (Lipinski definition) is 2. The molecule has 0 spiro atoms. The molecule has 5 nitrogen and oxygen atoms in total. The van der Waals surface area contributed by atoms with Gasteiger partial charge in [0.05, 0.1) is 23.3 Å². The van der Waals surface area contributed by atoms with Gasteiger partial charge < -0.3 is 15.3 Å². The van der Waals surface area contributed by atoms with E-state index in [0.717, 1.165) is 35.1 Å². The third-order valence-electron chi connectivity index (χ3n) is 6.93. The van der Waals surface area contributed by atoms with Crippen molar-refractivity contribution in [2.75, 3.05) is 0 Å². The highest BCUT2D eigenvalue weighted by molar-refractivity contribution is 6.00. The number of carbonyl (C=O) groups is 2. The molecule has 1 saturated carbocycles. The van der Waals surface area contributed by atoms with Crippen LogP contribution < -0.4 is 5.73 Å². The number of primary amides is 1. The Balaban J connectivity index is 2.07. The van der Waals surface area contributed by atoms with Crippen LogP contribution in [-0.2, 0) is 11.3 Å².